The summed E-state index contributed by atoms with van der Waals surface area (Å²) >= 11 is 0. The van der Waals surface area contributed by atoms with Crippen LogP contribution in [0.5, 0.6) is 11.5 Å². The van der Waals surface area contributed by atoms with E-state index in [1.165, 1.54) is 0 Å². The average Bonchev–Trinajstić information content (AvgIpc) is 2.82. The van der Waals surface area contributed by atoms with Crippen LogP contribution in [0, 0.1) is 0 Å². The van der Waals surface area contributed by atoms with Crippen molar-refractivity contribution in [2.45, 2.75) is 13.2 Å². The number of rotatable bonds is 6. The largest absolute Gasteiger partial charge is 0.489 e. The molecule has 0 saturated heterocycles. The molecule has 0 unspecified atom stereocenters. The van der Waals surface area contributed by atoms with Crippen LogP contribution in [0.2, 0.25) is 0 Å². The second kappa shape index (κ2) is 8.36. The van der Waals surface area contributed by atoms with Crippen LogP contribution in [0.15, 0.2) is 106 Å². The Morgan fingerprint density at radius 2 is 1.23 bits per heavy atom. The topological polar surface area (TPSA) is 48.7 Å². The van der Waals surface area contributed by atoms with E-state index in [4.69, 9.17) is 13.9 Å². The maximum atomic E-state index is 12.5. The van der Waals surface area contributed by atoms with E-state index in [1.807, 2.05) is 84.9 Å². The number of hydrogen-bond acceptors (Lipinski definition) is 4. The third-order valence-corrected chi connectivity index (χ3v) is 5.14. The van der Waals surface area contributed by atoms with Gasteiger partial charge in [0.15, 0.2) is 0 Å². The summed E-state index contributed by atoms with van der Waals surface area (Å²) in [6.07, 6.45) is 0. The van der Waals surface area contributed by atoms with Gasteiger partial charge in [0.05, 0.1) is 10.8 Å². The molecule has 0 saturated carbocycles. The monoisotopic (exact) mass is 408 g/mol. The molecule has 0 aliphatic heterocycles. The summed E-state index contributed by atoms with van der Waals surface area (Å²) in [5.74, 6) is 1.20. The first-order valence-electron chi connectivity index (χ1n) is 10.1. The van der Waals surface area contributed by atoms with E-state index in [2.05, 4.69) is 0 Å². The van der Waals surface area contributed by atoms with Gasteiger partial charge in [-0.1, -0.05) is 78.9 Å². The van der Waals surface area contributed by atoms with Crippen molar-refractivity contribution in [3.63, 3.8) is 0 Å². The molecule has 0 N–H and O–H groups in total. The maximum Gasteiger partial charge on any atom is 0.344 e. The van der Waals surface area contributed by atoms with Crippen LogP contribution < -0.4 is 15.1 Å². The molecule has 0 spiro atoms. The van der Waals surface area contributed by atoms with Gasteiger partial charge in [-0.2, -0.15) is 0 Å². The molecule has 4 heteroatoms. The summed E-state index contributed by atoms with van der Waals surface area (Å²) in [7, 11) is 0. The first kappa shape index (κ1) is 18.9. The van der Waals surface area contributed by atoms with Crippen LogP contribution in [0.1, 0.15) is 11.1 Å². The van der Waals surface area contributed by atoms with Gasteiger partial charge < -0.3 is 13.9 Å². The molecular weight excluding hydrogens is 388 g/mol. The van der Waals surface area contributed by atoms with Crippen LogP contribution >= 0.6 is 0 Å². The fraction of sp³-hybridized carbons (Fsp3) is 0.0741. The summed E-state index contributed by atoms with van der Waals surface area (Å²) in [5, 5.41) is 2.09. The molecule has 1 aromatic heterocycles. The van der Waals surface area contributed by atoms with E-state index < -0.39 is 0 Å². The van der Waals surface area contributed by atoms with Gasteiger partial charge in [-0.3, -0.25) is 0 Å². The standard InChI is InChI=1S/C27H20O4/c28-27-23-14-8-7-13-22(23)26-24(30-18-20-11-5-2-6-12-20)15-21(16-25(26)31-27)29-17-19-9-3-1-4-10-19/h1-16H,17-18H2. The van der Waals surface area contributed by atoms with E-state index in [9.17, 15) is 4.79 Å². The van der Waals surface area contributed by atoms with E-state index in [-0.39, 0.29) is 5.63 Å². The summed E-state index contributed by atoms with van der Waals surface area (Å²) in [6, 6.07) is 30.9. The van der Waals surface area contributed by atoms with Gasteiger partial charge in [0.25, 0.3) is 0 Å². The third-order valence-electron chi connectivity index (χ3n) is 5.14. The Balaban J connectivity index is 1.59. The highest BCUT2D eigenvalue weighted by Crippen LogP contribution is 2.36. The molecule has 0 fully saturated rings. The van der Waals surface area contributed by atoms with Crippen molar-refractivity contribution in [1.82, 2.24) is 0 Å². The minimum absolute atomic E-state index is 0.377. The first-order valence-corrected chi connectivity index (χ1v) is 10.1. The Hall–Kier alpha value is -4.05. The molecule has 0 radical (unpaired) electrons. The minimum atomic E-state index is -0.377. The van der Waals surface area contributed by atoms with Crippen molar-refractivity contribution >= 4 is 21.7 Å². The summed E-state index contributed by atoms with van der Waals surface area (Å²) < 4.78 is 17.9. The first-order chi connectivity index (χ1) is 15.3. The Morgan fingerprint density at radius 1 is 0.645 bits per heavy atom. The molecule has 0 aliphatic rings. The lowest BCUT2D eigenvalue weighted by molar-refractivity contribution is 0.292. The molecule has 1 heterocycles. The zero-order valence-electron chi connectivity index (χ0n) is 16.8. The van der Waals surface area contributed by atoms with Gasteiger partial charge in [-0.05, 0) is 17.2 Å². The summed E-state index contributed by atoms with van der Waals surface area (Å²) in [4.78, 5) is 12.5. The SMILES string of the molecule is O=c1oc2cc(OCc3ccccc3)cc(OCc3ccccc3)c2c2ccccc12. The molecule has 152 valence electrons. The van der Waals surface area contributed by atoms with E-state index in [1.54, 1.807) is 12.1 Å². The molecule has 5 aromatic rings. The van der Waals surface area contributed by atoms with Gasteiger partial charge in [0.1, 0.15) is 30.3 Å². The Labute approximate surface area is 179 Å². The highest BCUT2D eigenvalue weighted by molar-refractivity contribution is 6.08. The highest BCUT2D eigenvalue weighted by Gasteiger charge is 2.15. The average molecular weight is 408 g/mol. The van der Waals surface area contributed by atoms with Crippen molar-refractivity contribution in [3.8, 4) is 11.5 Å². The van der Waals surface area contributed by atoms with Crippen LogP contribution in [-0.2, 0) is 13.2 Å². The van der Waals surface area contributed by atoms with Gasteiger partial charge in [0.2, 0.25) is 0 Å². The number of benzene rings is 4. The zero-order chi connectivity index (χ0) is 21.0. The number of hydrogen-bond donors (Lipinski definition) is 0. The lowest BCUT2D eigenvalue weighted by Crippen LogP contribution is -2.03. The van der Waals surface area contributed by atoms with Gasteiger partial charge in [-0.15, -0.1) is 0 Å². The predicted octanol–water partition coefficient (Wildman–Crippen LogP) is 6.10. The van der Waals surface area contributed by atoms with Crippen molar-refractivity contribution in [3.05, 3.63) is 119 Å². The predicted molar refractivity (Wildman–Crippen MR) is 122 cm³/mol. The normalized spacial score (nSPS) is 11.0. The molecule has 0 aliphatic carbocycles. The summed E-state index contributed by atoms with van der Waals surface area (Å²) in [6.45, 7) is 0.799. The van der Waals surface area contributed by atoms with Crippen LogP contribution in [-0.4, -0.2) is 0 Å². The van der Waals surface area contributed by atoms with Crippen LogP contribution in [0.25, 0.3) is 21.7 Å². The Morgan fingerprint density at radius 3 is 1.90 bits per heavy atom. The second-order valence-corrected chi connectivity index (χ2v) is 7.28. The smallest absolute Gasteiger partial charge is 0.344 e. The molecule has 5 rings (SSSR count). The molecule has 0 bridgehead atoms. The van der Waals surface area contributed by atoms with E-state index >= 15 is 0 Å². The van der Waals surface area contributed by atoms with E-state index in [0.717, 1.165) is 21.9 Å². The van der Waals surface area contributed by atoms with Gasteiger partial charge >= 0.3 is 5.63 Å². The minimum Gasteiger partial charge on any atom is -0.489 e. The molecule has 4 nitrogen and oxygen atoms in total. The van der Waals surface area contributed by atoms with Crippen LogP contribution in [0.3, 0.4) is 0 Å². The highest BCUT2D eigenvalue weighted by atomic mass is 16.5. The number of ether oxygens (including phenoxy) is 2. The molecule has 31 heavy (non-hydrogen) atoms. The lowest BCUT2D eigenvalue weighted by Gasteiger charge is -2.14. The third kappa shape index (κ3) is 4.01. The molecule has 4 aromatic carbocycles. The number of fused-ring (bicyclic) bond motifs is 3. The van der Waals surface area contributed by atoms with Crippen LogP contribution in [0.4, 0.5) is 0 Å². The van der Waals surface area contributed by atoms with Gasteiger partial charge in [-0.25, -0.2) is 4.79 Å². The second-order valence-electron chi connectivity index (χ2n) is 7.28. The molecular formula is C27H20O4. The zero-order valence-corrected chi connectivity index (χ0v) is 16.8. The van der Waals surface area contributed by atoms with Crippen molar-refractivity contribution in [2.75, 3.05) is 0 Å². The fourth-order valence-corrected chi connectivity index (χ4v) is 3.62. The maximum absolute atomic E-state index is 12.5. The quantitative estimate of drug-likeness (QED) is 0.251. The Kier molecular flexibility index (Phi) is 5.11. The van der Waals surface area contributed by atoms with Crippen molar-refractivity contribution < 1.29 is 13.9 Å². The van der Waals surface area contributed by atoms with E-state index in [0.29, 0.717) is 35.7 Å². The van der Waals surface area contributed by atoms with Gasteiger partial charge in [0, 0.05) is 17.5 Å². The molecule has 0 atom stereocenters. The van der Waals surface area contributed by atoms with Crippen molar-refractivity contribution in [1.29, 1.82) is 0 Å². The lowest BCUT2D eigenvalue weighted by atomic mass is 10.1. The Bertz CT molecular complexity index is 1390. The fourth-order valence-electron chi connectivity index (χ4n) is 3.62. The summed E-state index contributed by atoms with van der Waals surface area (Å²) in [5.41, 5.74) is 2.16. The molecule has 0 amide bonds. The van der Waals surface area contributed by atoms with Crippen molar-refractivity contribution in [2.24, 2.45) is 0 Å².